The van der Waals surface area contributed by atoms with E-state index in [0.29, 0.717) is 11.4 Å². The van der Waals surface area contributed by atoms with Gasteiger partial charge in [0.2, 0.25) is 0 Å². The molecule has 0 spiro atoms. The summed E-state index contributed by atoms with van der Waals surface area (Å²) in [6.45, 7) is 0.579. The molecule has 1 N–H and O–H groups in total. The third-order valence-corrected chi connectivity index (χ3v) is 5.89. The van der Waals surface area contributed by atoms with E-state index >= 15 is 0 Å². The first kappa shape index (κ1) is 12.3. The van der Waals surface area contributed by atoms with E-state index in [-0.39, 0.29) is 5.91 Å². The van der Waals surface area contributed by atoms with E-state index in [4.69, 9.17) is 0 Å². The molecule has 0 saturated carbocycles. The summed E-state index contributed by atoms with van der Waals surface area (Å²) in [7, 11) is 0. The highest BCUT2D eigenvalue weighted by atomic mass is 79.9. The van der Waals surface area contributed by atoms with Crippen LogP contribution in [0, 0.1) is 0 Å². The Morgan fingerprint density at radius 1 is 1.44 bits per heavy atom. The van der Waals surface area contributed by atoms with Gasteiger partial charge in [-0.25, -0.2) is 0 Å². The third-order valence-electron chi connectivity index (χ3n) is 1.90. The molecular formula is C10H7Br2NOS2. The lowest BCUT2D eigenvalue weighted by molar-refractivity contribution is 0.0955. The van der Waals surface area contributed by atoms with E-state index in [1.165, 1.54) is 11.3 Å². The van der Waals surface area contributed by atoms with Crippen molar-refractivity contribution < 1.29 is 4.79 Å². The molecule has 0 aliphatic heterocycles. The minimum absolute atomic E-state index is 0.0393. The van der Waals surface area contributed by atoms with Gasteiger partial charge in [0.1, 0.15) is 0 Å². The number of rotatable bonds is 3. The van der Waals surface area contributed by atoms with Crippen LogP contribution in [0.15, 0.2) is 31.2 Å². The Morgan fingerprint density at radius 2 is 2.25 bits per heavy atom. The molecular weight excluding hydrogens is 374 g/mol. The SMILES string of the molecule is O=C(NCc1ccsc1)c1cc(Br)c(Br)s1. The first-order valence-corrected chi connectivity index (χ1v) is 7.75. The predicted octanol–water partition coefficient (Wildman–Crippen LogP) is 4.26. The molecule has 0 aromatic carbocycles. The predicted molar refractivity (Wildman–Crippen MR) is 75.2 cm³/mol. The summed E-state index contributed by atoms with van der Waals surface area (Å²) in [6, 6.07) is 3.82. The summed E-state index contributed by atoms with van der Waals surface area (Å²) >= 11 is 9.78. The van der Waals surface area contributed by atoms with Crippen LogP contribution in [-0.2, 0) is 6.54 Å². The largest absolute Gasteiger partial charge is 0.347 e. The number of carbonyl (C=O) groups is 1. The number of hydrogen-bond donors (Lipinski definition) is 1. The minimum Gasteiger partial charge on any atom is -0.347 e. The number of halogens is 2. The maximum absolute atomic E-state index is 11.8. The van der Waals surface area contributed by atoms with Crippen molar-refractivity contribution in [3.05, 3.63) is 41.6 Å². The van der Waals surface area contributed by atoms with Crippen LogP contribution >= 0.6 is 54.5 Å². The normalized spacial score (nSPS) is 10.4. The molecule has 0 fully saturated rings. The van der Waals surface area contributed by atoms with Gasteiger partial charge in [0, 0.05) is 11.0 Å². The molecule has 1 amide bonds. The first-order chi connectivity index (χ1) is 7.66. The van der Waals surface area contributed by atoms with E-state index in [0.717, 1.165) is 13.8 Å². The minimum atomic E-state index is -0.0393. The average molecular weight is 381 g/mol. The first-order valence-electron chi connectivity index (χ1n) is 4.41. The van der Waals surface area contributed by atoms with Crippen LogP contribution < -0.4 is 5.32 Å². The van der Waals surface area contributed by atoms with Gasteiger partial charge < -0.3 is 5.32 Å². The molecule has 0 radical (unpaired) electrons. The van der Waals surface area contributed by atoms with Gasteiger partial charge in [-0.15, -0.1) is 11.3 Å². The van der Waals surface area contributed by atoms with Crippen LogP contribution in [0.2, 0.25) is 0 Å². The summed E-state index contributed by atoms with van der Waals surface area (Å²) in [5, 5.41) is 6.91. The Morgan fingerprint density at radius 3 is 2.81 bits per heavy atom. The van der Waals surface area contributed by atoms with Crippen LogP contribution in [-0.4, -0.2) is 5.91 Å². The van der Waals surface area contributed by atoms with Gasteiger partial charge in [-0.1, -0.05) is 0 Å². The summed E-state index contributed by atoms with van der Waals surface area (Å²) in [5.41, 5.74) is 1.13. The molecule has 0 saturated heterocycles. The summed E-state index contributed by atoms with van der Waals surface area (Å²) in [4.78, 5) is 12.5. The lowest BCUT2D eigenvalue weighted by atomic mass is 10.3. The highest BCUT2D eigenvalue weighted by Gasteiger charge is 2.11. The van der Waals surface area contributed by atoms with Gasteiger partial charge in [-0.3, -0.25) is 4.79 Å². The molecule has 0 aliphatic rings. The fraction of sp³-hybridized carbons (Fsp3) is 0.100. The van der Waals surface area contributed by atoms with Crippen molar-refractivity contribution in [1.29, 1.82) is 0 Å². The van der Waals surface area contributed by atoms with Gasteiger partial charge in [0.25, 0.3) is 5.91 Å². The molecule has 2 nitrogen and oxygen atoms in total. The molecule has 0 atom stereocenters. The molecule has 84 valence electrons. The van der Waals surface area contributed by atoms with Crippen molar-refractivity contribution in [1.82, 2.24) is 5.32 Å². The number of carbonyl (C=O) groups excluding carboxylic acids is 1. The van der Waals surface area contributed by atoms with Gasteiger partial charge in [0.05, 0.1) is 8.66 Å². The maximum atomic E-state index is 11.8. The summed E-state index contributed by atoms with van der Waals surface area (Å²) in [6.07, 6.45) is 0. The average Bonchev–Trinajstić information content (AvgIpc) is 2.86. The van der Waals surface area contributed by atoms with Gasteiger partial charge in [-0.2, -0.15) is 11.3 Å². The molecule has 0 aliphatic carbocycles. The topological polar surface area (TPSA) is 29.1 Å². The standard InChI is InChI=1S/C10H7Br2NOS2/c11-7-3-8(16-9(7)12)10(14)13-4-6-1-2-15-5-6/h1-3,5H,4H2,(H,13,14). The fourth-order valence-corrected chi connectivity index (χ4v) is 3.74. The van der Waals surface area contributed by atoms with Crippen molar-refractivity contribution in [2.24, 2.45) is 0 Å². The molecule has 6 heteroatoms. The second kappa shape index (κ2) is 5.44. The number of thiophene rings is 2. The summed E-state index contributed by atoms with van der Waals surface area (Å²) in [5.74, 6) is -0.0393. The second-order valence-corrected chi connectivity index (χ2v) is 7.05. The van der Waals surface area contributed by atoms with Crippen molar-refractivity contribution in [3.63, 3.8) is 0 Å². The van der Waals surface area contributed by atoms with E-state index in [9.17, 15) is 4.79 Å². The Bertz CT molecular complexity index is 473. The number of hydrogen-bond acceptors (Lipinski definition) is 3. The molecule has 0 bridgehead atoms. The zero-order valence-corrected chi connectivity index (χ0v) is 12.8. The molecule has 2 aromatic rings. The maximum Gasteiger partial charge on any atom is 0.261 e. The van der Waals surface area contributed by atoms with E-state index < -0.39 is 0 Å². The Labute approximate surface area is 118 Å². The number of amides is 1. The van der Waals surface area contributed by atoms with Crippen molar-refractivity contribution in [2.45, 2.75) is 6.54 Å². The van der Waals surface area contributed by atoms with Crippen molar-refractivity contribution in [2.75, 3.05) is 0 Å². The van der Waals surface area contributed by atoms with E-state index in [1.54, 1.807) is 11.3 Å². The van der Waals surface area contributed by atoms with Crippen LogP contribution in [0.5, 0.6) is 0 Å². The zero-order valence-electron chi connectivity index (χ0n) is 8.00. The monoisotopic (exact) mass is 379 g/mol. The Kier molecular flexibility index (Phi) is 4.18. The van der Waals surface area contributed by atoms with Crippen molar-refractivity contribution >= 4 is 60.4 Å². The smallest absolute Gasteiger partial charge is 0.261 e. The molecule has 2 aromatic heterocycles. The fourth-order valence-electron chi connectivity index (χ4n) is 1.12. The second-order valence-electron chi connectivity index (χ2n) is 3.05. The van der Waals surface area contributed by atoms with Gasteiger partial charge in [0.15, 0.2) is 0 Å². The Balaban J connectivity index is 1.98. The van der Waals surface area contributed by atoms with Gasteiger partial charge in [-0.05, 0) is 60.3 Å². The third kappa shape index (κ3) is 2.94. The number of nitrogens with one attached hydrogen (secondary N) is 1. The zero-order chi connectivity index (χ0) is 11.5. The summed E-state index contributed by atoms with van der Waals surface area (Å²) < 4.78 is 1.85. The Hall–Kier alpha value is -0.170. The lowest BCUT2D eigenvalue weighted by Crippen LogP contribution is -2.21. The van der Waals surface area contributed by atoms with Crippen LogP contribution in [0.1, 0.15) is 15.2 Å². The molecule has 16 heavy (non-hydrogen) atoms. The van der Waals surface area contributed by atoms with Crippen LogP contribution in [0.25, 0.3) is 0 Å². The molecule has 2 rings (SSSR count). The van der Waals surface area contributed by atoms with Crippen LogP contribution in [0.4, 0.5) is 0 Å². The molecule has 2 heterocycles. The van der Waals surface area contributed by atoms with E-state index in [2.05, 4.69) is 37.2 Å². The van der Waals surface area contributed by atoms with Gasteiger partial charge >= 0.3 is 0 Å². The highest BCUT2D eigenvalue weighted by molar-refractivity contribution is 9.13. The van der Waals surface area contributed by atoms with Crippen molar-refractivity contribution in [3.8, 4) is 0 Å². The molecule has 0 unspecified atom stereocenters. The van der Waals surface area contributed by atoms with E-state index in [1.807, 2.05) is 22.9 Å². The lowest BCUT2D eigenvalue weighted by Gasteiger charge is -2.00. The quantitative estimate of drug-likeness (QED) is 0.846. The van der Waals surface area contributed by atoms with Crippen LogP contribution in [0.3, 0.4) is 0 Å². The highest BCUT2D eigenvalue weighted by Crippen LogP contribution is 2.32.